The molecule has 0 atom stereocenters. The van der Waals surface area contributed by atoms with Gasteiger partial charge in [-0.3, -0.25) is 0 Å². The Kier molecular flexibility index (Phi) is 1.40. The first-order valence-electron chi connectivity index (χ1n) is 4.11. The fourth-order valence-electron chi connectivity index (χ4n) is 2.28. The summed E-state index contributed by atoms with van der Waals surface area (Å²) in [5.41, 5.74) is 1.07. The van der Waals surface area contributed by atoms with E-state index in [0.717, 1.165) is 18.1 Å². The molecule has 0 aromatic heterocycles. The molecule has 0 spiro atoms. The van der Waals surface area contributed by atoms with Gasteiger partial charge in [0.25, 0.3) is 0 Å². The smallest absolute Gasteiger partial charge is 0.0604 e. The Balaban J connectivity index is 2.15. The van der Waals surface area contributed by atoms with E-state index in [9.17, 15) is 0 Å². The minimum absolute atomic E-state index is 0.634. The number of nitrogens with zero attached hydrogens (tertiary/aromatic N) is 1. The molecule has 3 aliphatic carbocycles. The Bertz CT molecular complexity index is 157. The van der Waals surface area contributed by atoms with Crippen molar-refractivity contribution in [2.45, 2.75) is 32.1 Å². The highest BCUT2D eigenvalue weighted by Crippen LogP contribution is 2.39. The van der Waals surface area contributed by atoms with Crippen molar-refractivity contribution in [1.82, 2.24) is 0 Å². The summed E-state index contributed by atoms with van der Waals surface area (Å²) in [7, 11) is 0. The topological polar surface area (TPSA) is 32.6 Å². The van der Waals surface area contributed by atoms with Crippen LogP contribution in [0.1, 0.15) is 32.1 Å². The summed E-state index contributed by atoms with van der Waals surface area (Å²) >= 11 is 0. The van der Waals surface area contributed by atoms with Crippen LogP contribution in [0.2, 0.25) is 0 Å². The Morgan fingerprint density at radius 1 is 1.20 bits per heavy atom. The van der Waals surface area contributed by atoms with Crippen molar-refractivity contribution in [2.24, 2.45) is 17.0 Å². The average molecular weight is 139 g/mol. The zero-order valence-corrected chi connectivity index (χ0v) is 6.08. The second-order valence-corrected chi connectivity index (χ2v) is 3.51. The molecule has 2 nitrogen and oxygen atoms in total. The quantitative estimate of drug-likeness (QED) is 0.404. The third-order valence-corrected chi connectivity index (χ3v) is 2.94. The summed E-state index contributed by atoms with van der Waals surface area (Å²) in [6, 6.07) is 0. The second-order valence-electron chi connectivity index (χ2n) is 3.51. The molecule has 0 aliphatic heterocycles. The van der Waals surface area contributed by atoms with Crippen molar-refractivity contribution >= 4 is 5.71 Å². The highest BCUT2D eigenvalue weighted by atomic mass is 16.4. The number of hydrogen-bond acceptors (Lipinski definition) is 2. The van der Waals surface area contributed by atoms with Gasteiger partial charge in [-0.15, -0.1) is 0 Å². The fourth-order valence-corrected chi connectivity index (χ4v) is 2.28. The minimum Gasteiger partial charge on any atom is -0.411 e. The molecule has 0 heterocycles. The average Bonchev–Trinajstić information content (AvgIpc) is 2.06. The summed E-state index contributed by atoms with van der Waals surface area (Å²) in [6.45, 7) is 0. The number of hydrogen-bond donors (Lipinski definition) is 1. The molecule has 3 fully saturated rings. The van der Waals surface area contributed by atoms with Gasteiger partial charge in [-0.05, 0) is 38.0 Å². The predicted molar refractivity (Wildman–Crippen MR) is 39.3 cm³/mol. The zero-order chi connectivity index (χ0) is 6.97. The van der Waals surface area contributed by atoms with Gasteiger partial charge in [0.05, 0.1) is 5.71 Å². The van der Waals surface area contributed by atoms with E-state index in [1.807, 2.05) is 0 Å². The maximum atomic E-state index is 8.60. The SMILES string of the molecule is O/N=C1\CC2CCC1CC2. The van der Waals surface area contributed by atoms with Gasteiger partial charge < -0.3 is 5.21 Å². The van der Waals surface area contributed by atoms with Crippen LogP contribution < -0.4 is 0 Å². The Labute approximate surface area is 60.9 Å². The van der Waals surface area contributed by atoms with E-state index < -0.39 is 0 Å². The maximum Gasteiger partial charge on any atom is 0.0604 e. The zero-order valence-electron chi connectivity index (χ0n) is 6.08. The van der Waals surface area contributed by atoms with Crippen LogP contribution >= 0.6 is 0 Å². The Morgan fingerprint density at radius 2 is 1.90 bits per heavy atom. The summed E-state index contributed by atoms with van der Waals surface area (Å²) in [6.07, 6.45) is 6.34. The van der Waals surface area contributed by atoms with Crippen LogP contribution in [0.25, 0.3) is 0 Å². The molecule has 3 rings (SSSR count). The lowest BCUT2D eigenvalue weighted by molar-refractivity contribution is 0.258. The van der Waals surface area contributed by atoms with E-state index in [2.05, 4.69) is 5.16 Å². The minimum atomic E-state index is 0.634. The monoisotopic (exact) mass is 139 g/mol. The molecule has 1 N–H and O–H groups in total. The highest BCUT2D eigenvalue weighted by molar-refractivity contribution is 5.87. The first-order chi connectivity index (χ1) is 4.90. The largest absolute Gasteiger partial charge is 0.411 e. The molecule has 10 heavy (non-hydrogen) atoms. The van der Waals surface area contributed by atoms with E-state index in [-0.39, 0.29) is 0 Å². The van der Waals surface area contributed by atoms with Crippen LogP contribution in [0.15, 0.2) is 5.16 Å². The molecular formula is C8H13NO. The molecule has 0 unspecified atom stereocenters. The van der Waals surface area contributed by atoms with Gasteiger partial charge in [0.2, 0.25) is 0 Å². The lowest BCUT2D eigenvalue weighted by atomic mass is 9.70. The summed E-state index contributed by atoms with van der Waals surface area (Å²) in [5.74, 6) is 1.48. The molecule has 0 aromatic rings. The molecule has 0 aromatic carbocycles. The fraction of sp³-hybridized carbons (Fsp3) is 0.875. The standard InChI is InChI=1S/C8H13NO/c10-9-8-5-6-1-3-7(8)4-2-6/h6-7,10H,1-5H2/b9-8+. The van der Waals surface area contributed by atoms with Crippen LogP contribution in [-0.2, 0) is 0 Å². The van der Waals surface area contributed by atoms with Gasteiger partial charge in [0.15, 0.2) is 0 Å². The highest BCUT2D eigenvalue weighted by Gasteiger charge is 2.32. The molecule has 56 valence electrons. The van der Waals surface area contributed by atoms with E-state index >= 15 is 0 Å². The molecule has 0 amide bonds. The molecule has 0 radical (unpaired) electrons. The van der Waals surface area contributed by atoms with Crippen molar-refractivity contribution in [3.63, 3.8) is 0 Å². The van der Waals surface area contributed by atoms with Crippen LogP contribution in [0.5, 0.6) is 0 Å². The van der Waals surface area contributed by atoms with Crippen molar-refractivity contribution in [1.29, 1.82) is 0 Å². The van der Waals surface area contributed by atoms with Gasteiger partial charge >= 0.3 is 0 Å². The predicted octanol–water partition coefficient (Wildman–Crippen LogP) is 2.03. The van der Waals surface area contributed by atoms with Crippen LogP contribution in [0, 0.1) is 11.8 Å². The summed E-state index contributed by atoms with van der Waals surface area (Å²) in [4.78, 5) is 0. The number of oxime groups is 1. The third-order valence-electron chi connectivity index (χ3n) is 2.94. The third kappa shape index (κ3) is 0.825. The molecule has 0 saturated heterocycles. The lowest BCUT2D eigenvalue weighted by Gasteiger charge is -2.35. The van der Waals surface area contributed by atoms with Crippen LogP contribution in [-0.4, -0.2) is 10.9 Å². The summed E-state index contributed by atoms with van der Waals surface area (Å²) in [5, 5.41) is 11.9. The maximum absolute atomic E-state index is 8.60. The number of rotatable bonds is 0. The molecular weight excluding hydrogens is 126 g/mol. The normalized spacial score (nSPS) is 42.6. The molecule has 2 heteroatoms. The van der Waals surface area contributed by atoms with Gasteiger partial charge in [-0.2, -0.15) is 0 Å². The van der Waals surface area contributed by atoms with Crippen molar-refractivity contribution < 1.29 is 5.21 Å². The Hall–Kier alpha value is -0.530. The van der Waals surface area contributed by atoms with Crippen LogP contribution in [0.3, 0.4) is 0 Å². The second kappa shape index (κ2) is 2.26. The van der Waals surface area contributed by atoms with Crippen molar-refractivity contribution in [3.05, 3.63) is 0 Å². The first kappa shape index (κ1) is 6.20. The van der Waals surface area contributed by atoms with Crippen LogP contribution in [0.4, 0.5) is 0 Å². The molecule has 2 bridgehead atoms. The van der Waals surface area contributed by atoms with E-state index in [0.29, 0.717) is 5.92 Å². The number of fused-ring (bicyclic) bond motifs is 3. The lowest BCUT2D eigenvalue weighted by Crippen LogP contribution is -2.31. The van der Waals surface area contributed by atoms with Crippen molar-refractivity contribution in [2.75, 3.05) is 0 Å². The van der Waals surface area contributed by atoms with E-state index in [4.69, 9.17) is 5.21 Å². The first-order valence-corrected chi connectivity index (χ1v) is 4.11. The van der Waals surface area contributed by atoms with Gasteiger partial charge in [-0.1, -0.05) is 5.16 Å². The van der Waals surface area contributed by atoms with Crippen molar-refractivity contribution in [3.8, 4) is 0 Å². The van der Waals surface area contributed by atoms with Gasteiger partial charge in [0, 0.05) is 5.92 Å². The molecule has 3 saturated carbocycles. The van der Waals surface area contributed by atoms with E-state index in [1.165, 1.54) is 25.7 Å². The van der Waals surface area contributed by atoms with Gasteiger partial charge in [-0.25, -0.2) is 0 Å². The summed E-state index contributed by atoms with van der Waals surface area (Å²) < 4.78 is 0. The van der Waals surface area contributed by atoms with E-state index in [1.54, 1.807) is 0 Å². The molecule has 3 aliphatic rings. The Morgan fingerprint density at radius 3 is 2.20 bits per heavy atom. The van der Waals surface area contributed by atoms with Gasteiger partial charge in [0.1, 0.15) is 0 Å².